The molecule has 5 heteroatoms. The Kier molecular flexibility index (Phi) is 5.34. The molecular formula is C18H22N2O3. The van der Waals surface area contributed by atoms with E-state index in [-0.39, 0.29) is 24.4 Å². The van der Waals surface area contributed by atoms with E-state index in [4.69, 9.17) is 9.84 Å². The van der Waals surface area contributed by atoms with E-state index in [2.05, 4.69) is 10.2 Å². The van der Waals surface area contributed by atoms with Gasteiger partial charge >= 0.3 is 0 Å². The first-order valence-electron chi connectivity index (χ1n) is 7.50. The normalized spacial score (nSPS) is 11.8. The van der Waals surface area contributed by atoms with Crippen LogP contribution in [0.5, 0.6) is 11.5 Å². The largest absolute Gasteiger partial charge is 0.505 e. The summed E-state index contributed by atoms with van der Waals surface area (Å²) in [5, 5.41) is 27.7. The molecule has 0 spiro atoms. The highest BCUT2D eigenvalue weighted by molar-refractivity contribution is 5.61. The van der Waals surface area contributed by atoms with Crippen molar-refractivity contribution >= 4 is 11.4 Å². The number of hydrogen-bond acceptors (Lipinski definition) is 5. The second-order valence-electron chi connectivity index (χ2n) is 6.20. The fraction of sp³-hybridized carbons (Fsp3) is 0.333. The first-order chi connectivity index (χ1) is 10.9. The second kappa shape index (κ2) is 7.24. The van der Waals surface area contributed by atoms with Crippen LogP contribution in [-0.4, -0.2) is 23.4 Å². The highest BCUT2D eigenvalue weighted by atomic mass is 16.5. The van der Waals surface area contributed by atoms with Crippen molar-refractivity contribution in [3.63, 3.8) is 0 Å². The standard InChI is InChI=1S/C18H22N2O3/c1-18(2,3)15-11-14(23-10-9-21)12-16(17(15)22)20-19-13-7-5-4-6-8-13/h4-8,11-12,21-22H,9-10H2,1-3H3. The van der Waals surface area contributed by atoms with Gasteiger partial charge in [0.15, 0.2) is 0 Å². The van der Waals surface area contributed by atoms with E-state index in [0.29, 0.717) is 17.1 Å². The SMILES string of the molecule is CC(C)(C)c1cc(OCCO)cc(N=Nc2ccccc2)c1O. The summed E-state index contributed by atoms with van der Waals surface area (Å²) < 4.78 is 5.48. The molecule has 0 aliphatic heterocycles. The molecule has 0 aliphatic carbocycles. The van der Waals surface area contributed by atoms with Gasteiger partial charge in [-0.2, -0.15) is 5.11 Å². The molecule has 0 aromatic heterocycles. The monoisotopic (exact) mass is 314 g/mol. The van der Waals surface area contributed by atoms with Gasteiger partial charge in [0, 0.05) is 11.6 Å². The maximum Gasteiger partial charge on any atom is 0.147 e. The van der Waals surface area contributed by atoms with Gasteiger partial charge < -0.3 is 14.9 Å². The molecule has 0 aliphatic rings. The van der Waals surface area contributed by atoms with Crippen LogP contribution in [0.1, 0.15) is 26.3 Å². The summed E-state index contributed by atoms with van der Waals surface area (Å²) in [7, 11) is 0. The Labute approximate surface area is 136 Å². The molecule has 5 nitrogen and oxygen atoms in total. The molecule has 0 atom stereocenters. The fourth-order valence-corrected chi connectivity index (χ4v) is 2.09. The maximum atomic E-state index is 10.5. The number of aliphatic hydroxyl groups excluding tert-OH is 1. The lowest BCUT2D eigenvalue weighted by Crippen LogP contribution is -2.12. The predicted octanol–water partition coefficient (Wildman–Crippen LogP) is 4.48. The van der Waals surface area contributed by atoms with Gasteiger partial charge in [-0.05, 0) is 23.6 Å². The van der Waals surface area contributed by atoms with Gasteiger partial charge in [0.05, 0.1) is 12.3 Å². The molecule has 0 saturated carbocycles. The van der Waals surface area contributed by atoms with Gasteiger partial charge in [-0.3, -0.25) is 0 Å². The quantitative estimate of drug-likeness (QED) is 0.799. The molecule has 2 N–H and O–H groups in total. The van der Waals surface area contributed by atoms with Gasteiger partial charge in [-0.1, -0.05) is 39.0 Å². The molecule has 0 fully saturated rings. The van der Waals surface area contributed by atoms with Crippen LogP contribution in [0.25, 0.3) is 0 Å². The van der Waals surface area contributed by atoms with Crippen LogP contribution in [0.4, 0.5) is 11.4 Å². The van der Waals surface area contributed by atoms with Crippen molar-refractivity contribution in [3.8, 4) is 11.5 Å². The molecule has 0 unspecified atom stereocenters. The topological polar surface area (TPSA) is 74.4 Å². The molecule has 23 heavy (non-hydrogen) atoms. The zero-order chi connectivity index (χ0) is 16.9. The summed E-state index contributed by atoms with van der Waals surface area (Å²) in [6.45, 7) is 6.10. The van der Waals surface area contributed by atoms with Crippen molar-refractivity contribution in [1.29, 1.82) is 0 Å². The Hall–Kier alpha value is -2.40. The predicted molar refractivity (Wildman–Crippen MR) is 90.0 cm³/mol. The van der Waals surface area contributed by atoms with E-state index in [1.54, 1.807) is 12.1 Å². The number of hydrogen-bond donors (Lipinski definition) is 2. The van der Waals surface area contributed by atoms with Crippen molar-refractivity contribution in [2.45, 2.75) is 26.2 Å². The van der Waals surface area contributed by atoms with Gasteiger partial charge in [0.2, 0.25) is 0 Å². The number of aliphatic hydroxyl groups is 1. The van der Waals surface area contributed by atoms with Crippen LogP contribution in [-0.2, 0) is 5.41 Å². The highest BCUT2D eigenvalue weighted by Crippen LogP contribution is 2.41. The number of phenolic OH excluding ortho intramolecular Hbond substituents is 1. The minimum Gasteiger partial charge on any atom is -0.505 e. The lowest BCUT2D eigenvalue weighted by Gasteiger charge is -2.22. The minimum atomic E-state index is -0.278. The van der Waals surface area contributed by atoms with Crippen LogP contribution >= 0.6 is 0 Å². The Bertz CT molecular complexity index is 677. The Morgan fingerprint density at radius 2 is 1.74 bits per heavy atom. The zero-order valence-corrected chi connectivity index (χ0v) is 13.7. The molecule has 2 aromatic carbocycles. The molecule has 0 saturated heterocycles. The van der Waals surface area contributed by atoms with Crippen molar-refractivity contribution < 1.29 is 14.9 Å². The van der Waals surface area contributed by atoms with Gasteiger partial charge in [0.1, 0.15) is 23.8 Å². The van der Waals surface area contributed by atoms with Crippen LogP contribution in [0.15, 0.2) is 52.7 Å². The van der Waals surface area contributed by atoms with Crippen LogP contribution < -0.4 is 4.74 Å². The Morgan fingerprint density at radius 3 is 2.35 bits per heavy atom. The van der Waals surface area contributed by atoms with Crippen molar-refractivity contribution in [2.24, 2.45) is 10.2 Å². The molecular weight excluding hydrogens is 292 g/mol. The maximum absolute atomic E-state index is 10.5. The summed E-state index contributed by atoms with van der Waals surface area (Å²) in [5.41, 5.74) is 1.48. The summed E-state index contributed by atoms with van der Waals surface area (Å²) in [5.74, 6) is 0.636. The second-order valence-corrected chi connectivity index (χ2v) is 6.20. The van der Waals surface area contributed by atoms with Gasteiger partial charge in [0.25, 0.3) is 0 Å². The van der Waals surface area contributed by atoms with Crippen LogP contribution in [0.2, 0.25) is 0 Å². The third-order valence-electron chi connectivity index (χ3n) is 3.26. The molecule has 0 radical (unpaired) electrons. The molecule has 122 valence electrons. The molecule has 0 bridgehead atoms. The summed E-state index contributed by atoms with van der Waals surface area (Å²) in [6, 6.07) is 12.7. The summed E-state index contributed by atoms with van der Waals surface area (Å²) in [6.07, 6.45) is 0. The number of phenols is 1. The number of aromatic hydroxyl groups is 1. The van der Waals surface area contributed by atoms with E-state index in [1.807, 2.05) is 51.1 Å². The highest BCUT2D eigenvalue weighted by Gasteiger charge is 2.22. The number of rotatable bonds is 5. The summed E-state index contributed by atoms with van der Waals surface area (Å²) in [4.78, 5) is 0. The van der Waals surface area contributed by atoms with E-state index in [1.165, 1.54) is 0 Å². The van der Waals surface area contributed by atoms with Gasteiger partial charge in [-0.25, -0.2) is 0 Å². The number of benzene rings is 2. The lowest BCUT2D eigenvalue weighted by molar-refractivity contribution is 0.201. The minimum absolute atomic E-state index is 0.0768. The fourth-order valence-electron chi connectivity index (χ4n) is 2.09. The lowest BCUT2D eigenvalue weighted by atomic mass is 9.86. The first-order valence-corrected chi connectivity index (χ1v) is 7.50. The molecule has 2 rings (SSSR count). The van der Waals surface area contributed by atoms with Crippen LogP contribution in [0.3, 0.4) is 0 Å². The van der Waals surface area contributed by atoms with Crippen LogP contribution in [0, 0.1) is 0 Å². The van der Waals surface area contributed by atoms with Crippen molar-refractivity contribution in [2.75, 3.05) is 13.2 Å². The number of nitrogens with zero attached hydrogens (tertiary/aromatic N) is 2. The molecule has 0 amide bonds. The average Bonchev–Trinajstić information content (AvgIpc) is 2.52. The first kappa shape index (κ1) is 17.0. The average molecular weight is 314 g/mol. The number of azo groups is 1. The number of ether oxygens (including phenoxy) is 1. The van der Waals surface area contributed by atoms with E-state index in [0.717, 1.165) is 5.56 Å². The van der Waals surface area contributed by atoms with Crippen molar-refractivity contribution in [3.05, 3.63) is 48.0 Å². The van der Waals surface area contributed by atoms with Crippen molar-refractivity contribution in [1.82, 2.24) is 0 Å². The molecule has 2 aromatic rings. The van der Waals surface area contributed by atoms with E-state index in [9.17, 15) is 5.11 Å². The summed E-state index contributed by atoms with van der Waals surface area (Å²) >= 11 is 0. The third kappa shape index (κ3) is 4.53. The van der Waals surface area contributed by atoms with Gasteiger partial charge in [-0.15, -0.1) is 5.11 Å². The Morgan fingerprint density at radius 1 is 1.04 bits per heavy atom. The van der Waals surface area contributed by atoms with E-state index >= 15 is 0 Å². The third-order valence-corrected chi connectivity index (χ3v) is 3.26. The molecule has 0 heterocycles. The van der Waals surface area contributed by atoms with E-state index < -0.39 is 0 Å². The Balaban J connectivity index is 2.42. The zero-order valence-electron chi connectivity index (χ0n) is 13.7. The smallest absolute Gasteiger partial charge is 0.147 e.